The van der Waals surface area contributed by atoms with Crippen LogP contribution in [-0.2, 0) is 16.1 Å². The molecule has 2 aromatic carbocycles. The van der Waals surface area contributed by atoms with Crippen molar-refractivity contribution < 1.29 is 14.5 Å². The summed E-state index contributed by atoms with van der Waals surface area (Å²) >= 11 is 0. The Kier molecular flexibility index (Phi) is 4.86. The van der Waals surface area contributed by atoms with Gasteiger partial charge in [-0.25, -0.2) is 0 Å². The fraction of sp³-hybridized carbons (Fsp3) is 0.278. The molecule has 2 aromatic rings. The average molecular weight is 326 g/mol. The molecular formula is C18H18N2O4. The smallest absolute Gasteiger partial charge is 0.269 e. The molecule has 124 valence electrons. The van der Waals surface area contributed by atoms with Gasteiger partial charge in [-0.05, 0) is 24.1 Å². The van der Waals surface area contributed by atoms with E-state index in [1.165, 1.54) is 12.1 Å². The van der Waals surface area contributed by atoms with Gasteiger partial charge in [0.1, 0.15) is 0 Å². The molecule has 6 heteroatoms. The fourth-order valence-corrected chi connectivity index (χ4v) is 2.76. The lowest BCUT2D eigenvalue weighted by Crippen LogP contribution is -2.36. The van der Waals surface area contributed by atoms with Crippen molar-refractivity contribution in [2.75, 3.05) is 18.1 Å². The first-order valence-corrected chi connectivity index (χ1v) is 7.82. The zero-order valence-corrected chi connectivity index (χ0v) is 13.1. The summed E-state index contributed by atoms with van der Waals surface area (Å²) in [7, 11) is 0. The number of rotatable bonds is 5. The Morgan fingerprint density at radius 3 is 2.46 bits per heavy atom. The number of non-ortho nitro benzene ring substituents is 1. The fourth-order valence-electron chi connectivity index (χ4n) is 2.76. The molecule has 0 unspecified atom stereocenters. The molecule has 1 aliphatic heterocycles. The van der Waals surface area contributed by atoms with Gasteiger partial charge >= 0.3 is 0 Å². The lowest BCUT2D eigenvalue weighted by Gasteiger charge is -2.25. The largest absolute Gasteiger partial charge is 0.381 e. The molecule has 1 atom stereocenters. The average Bonchev–Trinajstić information content (AvgIpc) is 3.15. The predicted molar refractivity (Wildman–Crippen MR) is 89.7 cm³/mol. The van der Waals surface area contributed by atoms with Crippen molar-refractivity contribution in [1.29, 1.82) is 0 Å². The van der Waals surface area contributed by atoms with Crippen LogP contribution >= 0.6 is 0 Å². The van der Waals surface area contributed by atoms with Gasteiger partial charge in [0.25, 0.3) is 5.69 Å². The quantitative estimate of drug-likeness (QED) is 0.625. The topological polar surface area (TPSA) is 72.7 Å². The third-order valence-electron chi connectivity index (χ3n) is 4.10. The molecule has 1 fully saturated rings. The van der Waals surface area contributed by atoms with Crippen LogP contribution in [0, 0.1) is 16.0 Å². The number of nitro groups is 1. The van der Waals surface area contributed by atoms with Crippen LogP contribution in [0.15, 0.2) is 54.6 Å². The number of hydrogen-bond donors (Lipinski definition) is 0. The van der Waals surface area contributed by atoms with Gasteiger partial charge in [-0.2, -0.15) is 0 Å². The number of carbonyl (C=O) groups excluding carboxylic acids is 1. The van der Waals surface area contributed by atoms with Crippen LogP contribution in [0.1, 0.15) is 12.0 Å². The van der Waals surface area contributed by atoms with E-state index in [4.69, 9.17) is 4.74 Å². The molecule has 1 amide bonds. The lowest BCUT2D eigenvalue weighted by atomic mass is 10.1. The van der Waals surface area contributed by atoms with Crippen LogP contribution in [0.5, 0.6) is 0 Å². The first kappa shape index (κ1) is 16.1. The number of ether oxygens (including phenoxy) is 1. The second-order valence-electron chi connectivity index (χ2n) is 5.74. The van der Waals surface area contributed by atoms with E-state index in [0.29, 0.717) is 19.8 Å². The van der Waals surface area contributed by atoms with Gasteiger partial charge in [0.15, 0.2) is 0 Å². The molecular weight excluding hydrogens is 308 g/mol. The third kappa shape index (κ3) is 3.60. The maximum Gasteiger partial charge on any atom is 0.269 e. The summed E-state index contributed by atoms with van der Waals surface area (Å²) in [6, 6.07) is 15.7. The van der Waals surface area contributed by atoms with Gasteiger partial charge < -0.3 is 9.64 Å². The number of hydrogen-bond acceptors (Lipinski definition) is 4. The van der Waals surface area contributed by atoms with Gasteiger partial charge in [-0.3, -0.25) is 14.9 Å². The van der Waals surface area contributed by atoms with Crippen molar-refractivity contribution in [1.82, 2.24) is 0 Å². The van der Waals surface area contributed by atoms with Crippen molar-refractivity contribution in [3.05, 3.63) is 70.3 Å². The molecule has 0 aliphatic carbocycles. The van der Waals surface area contributed by atoms with Crippen molar-refractivity contribution in [2.24, 2.45) is 5.92 Å². The highest BCUT2D eigenvalue weighted by atomic mass is 16.6. The highest BCUT2D eigenvalue weighted by Gasteiger charge is 2.29. The second-order valence-corrected chi connectivity index (χ2v) is 5.74. The molecule has 3 rings (SSSR count). The molecule has 1 saturated heterocycles. The minimum Gasteiger partial charge on any atom is -0.381 e. The molecule has 0 saturated carbocycles. The van der Waals surface area contributed by atoms with Gasteiger partial charge in [0, 0.05) is 24.4 Å². The van der Waals surface area contributed by atoms with Gasteiger partial charge in [-0.1, -0.05) is 30.3 Å². The monoisotopic (exact) mass is 326 g/mol. The Labute approximate surface area is 139 Å². The Hall–Kier alpha value is -2.73. The number of benzene rings is 2. The minimum atomic E-state index is -0.431. The van der Waals surface area contributed by atoms with Crippen molar-refractivity contribution >= 4 is 17.3 Å². The molecule has 1 aliphatic rings. The standard InChI is InChI=1S/C18H18N2O4/c21-18(15-10-11-24-13-15)19(16-4-2-1-3-5-16)12-14-6-8-17(9-7-14)20(22)23/h1-9,15H,10-13H2/t15-/m1/s1. The van der Waals surface area contributed by atoms with Crippen molar-refractivity contribution in [3.8, 4) is 0 Å². The van der Waals surface area contributed by atoms with E-state index in [1.54, 1.807) is 17.0 Å². The van der Waals surface area contributed by atoms with Crippen molar-refractivity contribution in [2.45, 2.75) is 13.0 Å². The van der Waals surface area contributed by atoms with Gasteiger partial charge in [0.2, 0.25) is 5.91 Å². The SMILES string of the molecule is O=C([C@@H]1CCOC1)N(Cc1ccc([N+](=O)[O-])cc1)c1ccccc1. The molecule has 0 bridgehead atoms. The molecule has 0 aromatic heterocycles. The molecule has 6 nitrogen and oxygen atoms in total. The van der Waals surface area contributed by atoms with Crippen LogP contribution in [-0.4, -0.2) is 24.0 Å². The molecule has 24 heavy (non-hydrogen) atoms. The number of amides is 1. The third-order valence-corrected chi connectivity index (χ3v) is 4.10. The highest BCUT2D eigenvalue weighted by molar-refractivity contribution is 5.95. The van der Waals surface area contributed by atoms with Crippen LogP contribution < -0.4 is 4.90 Å². The zero-order chi connectivity index (χ0) is 16.9. The zero-order valence-electron chi connectivity index (χ0n) is 13.1. The molecule has 0 radical (unpaired) electrons. The summed E-state index contributed by atoms with van der Waals surface area (Å²) in [6.07, 6.45) is 0.725. The van der Waals surface area contributed by atoms with E-state index < -0.39 is 4.92 Å². The molecule has 0 spiro atoms. The maximum atomic E-state index is 12.9. The van der Waals surface area contributed by atoms with Gasteiger partial charge in [-0.15, -0.1) is 0 Å². The molecule has 0 N–H and O–H groups in total. The van der Waals surface area contributed by atoms with E-state index in [0.717, 1.165) is 17.7 Å². The summed E-state index contributed by atoms with van der Waals surface area (Å²) in [6.45, 7) is 1.43. The van der Waals surface area contributed by atoms with Crippen LogP contribution in [0.2, 0.25) is 0 Å². The maximum absolute atomic E-state index is 12.9. The summed E-state index contributed by atoms with van der Waals surface area (Å²) in [5, 5.41) is 10.8. The summed E-state index contributed by atoms with van der Waals surface area (Å²) in [5.41, 5.74) is 1.70. The van der Waals surface area contributed by atoms with E-state index in [9.17, 15) is 14.9 Å². The number of anilines is 1. The first-order valence-electron chi connectivity index (χ1n) is 7.82. The first-order chi connectivity index (χ1) is 11.6. The van der Waals surface area contributed by atoms with E-state index in [2.05, 4.69) is 0 Å². The number of nitro benzene ring substituents is 1. The number of nitrogens with zero attached hydrogens (tertiary/aromatic N) is 2. The minimum absolute atomic E-state index is 0.0250. The van der Waals surface area contributed by atoms with E-state index in [1.807, 2.05) is 30.3 Å². The van der Waals surface area contributed by atoms with E-state index >= 15 is 0 Å². The summed E-state index contributed by atoms with van der Waals surface area (Å²) in [4.78, 5) is 24.9. The lowest BCUT2D eigenvalue weighted by molar-refractivity contribution is -0.384. The van der Waals surface area contributed by atoms with E-state index in [-0.39, 0.29) is 17.5 Å². The normalized spacial score (nSPS) is 16.8. The second kappa shape index (κ2) is 7.23. The number of para-hydroxylation sites is 1. The Balaban J connectivity index is 1.84. The Bertz CT molecular complexity index is 710. The number of carbonyl (C=O) groups is 1. The Morgan fingerprint density at radius 2 is 1.88 bits per heavy atom. The molecule has 1 heterocycles. The van der Waals surface area contributed by atoms with Crippen LogP contribution in [0.4, 0.5) is 11.4 Å². The highest BCUT2D eigenvalue weighted by Crippen LogP contribution is 2.24. The summed E-state index contributed by atoms with van der Waals surface area (Å²) < 4.78 is 5.33. The summed E-state index contributed by atoms with van der Waals surface area (Å²) in [5.74, 6) is -0.111. The van der Waals surface area contributed by atoms with Crippen molar-refractivity contribution in [3.63, 3.8) is 0 Å². The van der Waals surface area contributed by atoms with Crippen LogP contribution in [0.25, 0.3) is 0 Å². The van der Waals surface area contributed by atoms with Crippen LogP contribution in [0.3, 0.4) is 0 Å². The Morgan fingerprint density at radius 1 is 1.17 bits per heavy atom. The predicted octanol–water partition coefficient (Wildman–Crippen LogP) is 3.16. The van der Waals surface area contributed by atoms with Gasteiger partial charge in [0.05, 0.1) is 24.0 Å².